The van der Waals surface area contributed by atoms with Gasteiger partial charge in [-0.15, -0.1) is 11.8 Å². The third kappa shape index (κ3) is 9.09. The van der Waals surface area contributed by atoms with E-state index in [9.17, 15) is 9.59 Å². The van der Waals surface area contributed by atoms with Crippen molar-refractivity contribution in [3.8, 4) is 17.6 Å². The molecule has 44 heavy (non-hydrogen) atoms. The van der Waals surface area contributed by atoms with Gasteiger partial charge in [-0.3, -0.25) is 9.59 Å². The second-order valence-electron chi connectivity index (χ2n) is 13.2. The number of carbonyl (C=O) groups excluding carboxylic acids is 2. The van der Waals surface area contributed by atoms with E-state index in [1.807, 2.05) is 6.92 Å². The third-order valence-electron chi connectivity index (χ3n) is 9.85. The van der Waals surface area contributed by atoms with Crippen LogP contribution in [0.25, 0.3) is 0 Å². The van der Waals surface area contributed by atoms with Crippen LogP contribution >= 0.6 is 12.6 Å². The number of aryl methyl sites for hydroxylation is 1. The van der Waals surface area contributed by atoms with Gasteiger partial charge in [-0.25, -0.2) is 0 Å². The van der Waals surface area contributed by atoms with E-state index in [-0.39, 0.29) is 47.8 Å². The molecule has 2 unspecified atom stereocenters. The van der Waals surface area contributed by atoms with E-state index in [2.05, 4.69) is 74.0 Å². The highest BCUT2D eigenvalue weighted by atomic mass is 32.1. The van der Waals surface area contributed by atoms with Gasteiger partial charge in [-0.1, -0.05) is 76.3 Å². The SMILES string of the molecule is CC#CC[C@H](C)C/C=C/[C@@H]1[C@H]2c3cccc(CCCC)c3O[C@H]2C[C@H]1OC(=O)C1CCCCC1C(=O)NCCCCCCS. The standard InChI is InChI=1S/C38H55NO4S/c1-4-6-16-27(3)17-14-22-31-33(26-34-35(31)32-23-15-19-28(18-7-5-2)36(32)42-34)43-38(41)30-21-11-10-20-29(30)37(40)39-24-12-8-9-13-25-44/h14-15,19,22-23,27,29-31,33-35,44H,5,7-13,16-18,20-21,24-26H2,1-3H3,(H,39,40)/b22-14+/t27-,29?,30?,31-,33+,34-,35-/m0/s1. The Labute approximate surface area is 272 Å². The number of para-hydroxylation sites is 1. The number of hydrogen-bond acceptors (Lipinski definition) is 5. The second-order valence-corrected chi connectivity index (χ2v) is 13.7. The summed E-state index contributed by atoms with van der Waals surface area (Å²) in [5.74, 6) is 7.98. The lowest BCUT2D eigenvalue weighted by atomic mass is 9.78. The predicted octanol–water partition coefficient (Wildman–Crippen LogP) is 8.21. The van der Waals surface area contributed by atoms with Crippen LogP contribution in [0.1, 0.15) is 121 Å². The van der Waals surface area contributed by atoms with E-state index >= 15 is 0 Å². The molecule has 1 aliphatic heterocycles. The highest BCUT2D eigenvalue weighted by Crippen LogP contribution is 2.53. The quantitative estimate of drug-likeness (QED) is 0.0642. The molecule has 2 fully saturated rings. The number of thiol groups is 1. The predicted molar refractivity (Wildman–Crippen MR) is 182 cm³/mol. The van der Waals surface area contributed by atoms with Gasteiger partial charge < -0.3 is 14.8 Å². The fourth-order valence-corrected chi connectivity index (χ4v) is 7.59. The summed E-state index contributed by atoms with van der Waals surface area (Å²) < 4.78 is 13.1. The molecule has 0 aromatic heterocycles. The average Bonchev–Trinajstić information content (AvgIpc) is 3.56. The minimum Gasteiger partial charge on any atom is -0.489 e. The molecule has 2 saturated carbocycles. The lowest BCUT2D eigenvalue weighted by molar-refractivity contribution is -0.161. The number of hydrogen-bond donors (Lipinski definition) is 2. The first-order valence-corrected chi connectivity index (χ1v) is 18.0. The monoisotopic (exact) mass is 621 g/mol. The van der Waals surface area contributed by atoms with E-state index in [0.717, 1.165) is 95.0 Å². The summed E-state index contributed by atoms with van der Waals surface area (Å²) in [5, 5.41) is 3.13. The van der Waals surface area contributed by atoms with Crippen molar-refractivity contribution >= 4 is 24.5 Å². The van der Waals surface area contributed by atoms with Crippen LogP contribution in [-0.2, 0) is 20.7 Å². The fourth-order valence-electron chi connectivity index (χ4n) is 7.36. The average molecular weight is 622 g/mol. The van der Waals surface area contributed by atoms with Crippen molar-refractivity contribution in [1.29, 1.82) is 0 Å². The molecule has 1 aromatic rings. The van der Waals surface area contributed by atoms with Crippen molar-refractivity contribution < 1.29 is 19.1 Å². The van der Waals surface area contributed by atoms with E-state index in [4.69, 9.17) is 9.47 Å². The fraction of sp³-hybridized carbons (Fsp3) is 0.684. The molecule has 1 heterocycles. The number of nitrogens with one attached hydrogen (secondary N) is 1. The Morgan fingerprint density at radius 3 is 2.70 bits per heavy atom. The molecule has 3 aliphatic rings. The topological polar surface area (TPSA) is 64.6 Å². The molecular weight excluding hydrogens is 566 g/mol. The zero-order valence-corrected chi connectivity index (χ0v) is 28.2. The Hall–Kier alpha value is -2.39. The normalized spacial score (nSPS) is 26.3. The minimum absolute atomic E-state index is 0.00314. The minimum atomic E-state index is -0.375. The summed E-state index contributed by atoms with van der Waals surface area (Å²) >= 11 is 4.28. The molecule has 0 bridgehead atoms. The van der Waals surface area contributed by atoms with Crippen molar-refractivity contribution in [1.82, 2.24) is 5.32 Å². The van der Waals surface area contributed by atoms with Gasteiger partial charge in [0.2, 0.25) is 5.91 Å². The van der Waals surface area contributed by atoms with Crippen LogP contribution in [0.15, 0.2) is 30.4 Å². The molecule has 1 amide bonds. The Balaban J connectivity index is 1.46. The van der Waals surface area contributed by atoms with Crippen LogP contribution in [0.3, 0.4) is 0 Å². The van der Waals surface area contributed by atoms with Gasteiger partial charge in [-0.05, 0) is 69.1 Å². The Morgan fingerprint density at radius 2 is 1.93 bits per heavy atom. The number of allylic oxidation sites excluding steroid dienone is 1. The molecule has 6 heteroatoms. The molecule has 0 saturated heterocycles. The maximum absolute atomic E-state index is 13.8. The zero-order chi connectivity index (χ0) is 31.3. The maximum Gasteiger partial charge on any atom is 0.310 e. The number of ether oxygens (including phenoxy) is 2. The Kier molecular flexibility index (Phi) is 14.1. The Morgan fingerprint density at radius 1 is 1.14 bits per heavy atom. The number of carbonyl (C=O) groups is 2. The molecule has 242 valence electrons. The summed E-state index contributed by atoms with van der Waals surface area (Å²) in [4.78, 5) is 27.0. The highest BCUT2D eigenvalue weighted by Gasteiger charge is 2.51. The molecule has 4 rings (SSSR count). The van der Waals surface area contributed by atoms with Gasteiger partial charge in [0.1, 0.15) is 18.0 Å². The molecule has 0 radical (unpaired) electrons. The number of rotatable bonds is 16. The van der Waals surface area contributed by atoms with Gasteiger partial charge in [0, 0.05) is 36.8 Å². The maximum atomic E-state index is 13.8. The van der Waals surface area contributed by atoms with Gasteiger partial charge in [0.25, 0.3) is 0 Å². The van der Waals surface area contributed by atoms with Crippen molar-refractivity contribution in [2.24, 2.45) is 23.7 Å². The molecule has 1 N–H and O–H groups in total. The first-order chi connectivity index (χ1) is 21.5. The number of amides is 1. The largest absolute Gasteiger partial charge is 0.489 e. The lowest BCUT2D eigenvalue weighted by Gasteiger charge is -2.31. The van der Waals surface area contributed by atoms with Crippen LogP contribution in [-0.4, -0.2) is 36.4 Å². The lowest BCUT2D eigenvalue weighted by Crippen LogP contribution is -2.41. The molecule has 7 atom stereocenters. The van der Waals surface area contributed by atoms with E-state index in [1.165, 1.54) is 11.1 Å². The highest BCUT2D eigenvalue weighted by molar-refractivity contribution is 7.80. The van der Waals surface area contributed by atoms with Crippen LogP contribution in [0.5, 0.6) is 5.75 Å². The summed E-state index contributed by atoms with van der Waals surface area (Å²) in [6.45, 7) is 7.01. The number of esters is 1. The molecule has 0 spiro atoms. The summed E-state index contributed by atoms with van der Waals surface area (Å²) in [5.41, 5.74) is 2.55. The van der Waals surface area contributed by atoms with Gasteiger partial charge in [-0.2, -0.15) is 12.6 Å². The van der Waals surface area contributed by atoms with Crippen LogP contribution < -0.4 is 10.1 Å². The number of benzene rings is 1. The molecular formula is C38H55NO4S. The smallest absolute Gasteiger partial charge is 0.310 e. The zero-order valence-electron chi connectivity index (χ0n) is 27.3. The molecule has 5 nitrogen and oxygen atoms in total. The van der Waals surface area contributed by atoms with Crippen LogP contribution in [0.4, 0.5) is 0 Å². The van der Waals surface area contributed by atoms with Crippen molar-refractivity contribution in [3.63, 3.8) is 0 Å². The Bertz CT molecular complexity index is 1170. The van der Waals surface area contributed by atoms with Gasteiger partial charge in [0.05, 0.1) is 11.8 Å². The number of unbranched alkanes of at least 4 members (excludes halogenated alkanes) is 4. The van der Waals surface area contributed by atoms with E-state index in [0.29, 0.717) is 18.9 Å². The van der Waals surface area contributed by atoms with Crippen molar-refractivity contribution in [3.05, 3.63) is 41.5 Å². The first kappa shape index (κ1) is 34.5. The van der Waals surface area contributed by atoms with Gasteiger partial charge >= 0.3 is 5.97 Å². The van der Waals surface area contributed by atoms with Crippen molar-refractivity contribution in [2.75, 3.05) is 12.3 Å². The number of fused-ring (bicyclic) bond motifs is 3. The van der Waals surface area contributed by atoms with Crippen LogP contribution in [0, 0.1) is 35.5 Å². The first-order valence-electron chi connectivity index (χ1n) is 17.4. The summed E-state index contributed by atoms with van der Waals surface area (Å²) in [7, 11) is 0. The van der Waals surface area contributed by atoms with Crippen LogP contribution in [0.2, 0.25) is 0 Å². The molecule has 2 aliphatic carbocycles. The molecule has 1 aromatic carbocycles. The third-order valence-corrected chi connectivity index (χ3v) is 10.2. The second kappa shape index (κ2) is 17.9. The van der Waals surface area contributed by atoms with E-state index in [1.54, 1.807) is 0 Å². The summed E-state index contributed by atoms with van der Waals surface area (Å²) in [6.07, 6.45) is 17.8. The van der Waals surface area contributed by atoms with E-state index < -0.39 is 0 Å². The van der Waals surface area contributed by atoms with Crippen molar-refractivity contribution in [2.45, 2.75) is 129 Å². The van der Waals surface area contributed by atoms with Gasteiger partial charge in [0.15, 0.2) is 0 Å². The summed E-state index contributed by atoms with van der Waals surface area (Å²) in [6, 6.07) is 6.57.